The molecule has 0 bridgehead atoms. The van der Waals surface area contributed by atoms with Gasteiger partial charge in [-0.15, -0.1) is 0 Å². The van der Waals surface area contributed by atoms with Gasteiger partial charge in [0.2, 0.25) is 6.23 Å². The van der Waals surface area contributed by atoms with Crippen LogP contribution in [-0.4, -0.2) is 72.2 Å². The van der Waals surface area contributed by atoms with Crippen LogP contribution in [0.2, 0.25) is 0 Å². The van der Waals surface area contributed by atoms with Crippen molar-refractivity contribution in [2.75, 3.05) is 41.0 Å². The van der Waals surface area contributed by atoms with Gasteiger partial charge in [-0.2, -0.15) is 0 Å². The van der Waals surface area contributed by atoms with Crippen molar-refractivity contribution in [3.05, 3.63) is 0 Å². The minimum absolute atomic E-state index is 0.226. The number of hydrogen-bond donors (Lipinski definition) is 1. The molecule has 15 heteroatoms. The summed E-state index contributed by atoms with van der Waals surface area (Å²) in [5, 5.41) is 2.85. The Kier molecular flexibility index (Phi) is 11.3. The molecule has 0 aromatic carbocycles. The van der Waals surface area contributed by atoms with Crippen molar-refractivity contribution in [2.24, 2.45) is 0 Å². The molecule has 2 atom stereocenters. The first-order valence-corrected chi connectivity index (χ1v) is 13.2. The number of ether oxygens (including phenoxy) is 1. The van der Waals surface area contributed by atoms with Crippen LogP contribution in [0.3, 0.4) is 0 Å². The standard InChI is InChI=1S/C15H34N2O5Si.F6P/c1-9-14(23(19-6,20-7)21-8)16-15(18)22-13(5)17(10-2,11-3)12-4;1-7(2,3,4,5)6/h13-14H,9-12H2,1-8H3;/q;-1/p+1. The van der Waals surface area contributed by atoms with Crippen molar-refractivity contribution in [3.63, 3.8) is 0 Å². The van der Waals surface area contributed by atoms with Crippen LogP contribution in [0.4, 0.5) is 30.0 Å². The first-order chi connectivity index (χ1) is 13.3. The fourth-order valence-corrected chi connectivity index (χ4v) is 5.15. The van der Waals surface area contributed by atoms with Gasteiger partial charge < -0.3 is 23.3 Å². The summed E-state index contributed by atoms with van der Waals surface area (Å²) in [6.45, 7) is 12.9. The number of amides is 1. The van der Waals surface area contributed by atoms with E-state index in [2.05, 4.69) is 26.1 Å². The Hall–Kier alpha value is -0.663. The summed E-state index contributed by atoms with van der Waals surface area (Å²) in [4.78, 5) is 12.3. The van der Waals surface area contributed by atoms with Gasteiger partial charge in [0.25, 0.3) is 0 Å². The molecule has 0 saturated heterocycles. The van der Waals surface area contributed by atoms with Crippen LogP contribution in [0.15, 0.2) is 0 Å². The first-order valence-electron chi connectivity index (χ1n) is 9.34. The van der Waals surface area contributed by atoms with Gasteiger partial charge in [0, 0.05) is 28.3 Å². The number of hydrogen-bond acceptors (Lipinski definition) is 5. The SMILES string of the molecule is CCC(NC(=O)OC(C)[N+](CC)(CC)CC)[Si](OC)(OC)OC.F[P-](F)(F)(F)(F)F. The average molecular weight is 497 g/mol. The number of nitrogens with zero attached hydrogens (tertiary/aromatic N) is 1. The fourth-order valence-electron chi connectivity index (χ4n) is 3.00. The molecule has 7 nitrogen and oxygen atoms in total. The second kappa shape index (κ2) is 10.8. The van der Waals surface area contributed by atoms with Gasteiger partial charge in [-0.1, -0.05) is 6.92 Å². The number of halogens is 6. The van der Waals surface area contributed by atoms with Crippen molar-refractivity contribution < 1.29 is 52.5 Å². The molecule has 30 heavy (non-hydrogen) atoms. The number of alkyl carbamates (subject to hydrolysis) is 1. The molecule has 0 spiro atoms. The zero-order valence-corrected chi connectivity index (χ0v) is 20.6. The Morgan fingerprint density at radius 1 is 0.900 bits per heavy atom. The van der Waals surface area contributed by atoms with E-state index in [1.807, 2.05) is 13.8 Å². The topological polar surface area (TPSA) is 66.0 Å². The predicted octanol–water partition coefficient (Wildman–Crippen LogP) is 5.51. The molecule has 186 valence electrons. The zero-order valence-electron chi connectivity index (χ0n) is 18.7. The van der Waals surface area contributed by atoms with E-state index in [1.54, 1.807) is 0 Å². The van der Waals surface area contributed by atoms with Crippen LogP contribution in [0, 0.1) is 0 Å². The molecule has 0 saturated carbocycles. The molecule has 0 aromatic rings. The van der Waals surface area contributed by atoms with Gasteiger partial charge in [-0.25, -0.2) is 4.79 Å². The summed E-state index contributed by atoms with van der Waals surface area (Å²) in [6, 6.07) is 0. The number of rotatable bonds is 11. The number of quaternary nitrogens is 1. The molecular formula is C15H35F6N2O5PSi. The van der Waals surface area contributed by atoms with Crippen molar-refractivity contribution in [3.8, 4) is 0 Å². The third-order valence-electron chi connectivity index (χ3n) is 4.92. The average Bonchev–Trinajstić information content (AvgIpc) is 2.61. The van der Waals surface area contributed by atoms with Gasteiger partial charge in [-0.3, -0.25) is 4.48 Å². The number of carbonyl (C=O) groups excluding carboxylic acids is 1. The number of carbonyl (C=O) groups is 1. The van der Waals surface area contributed by atoms with E-state index in [0.29, 0.717) is 6.42 Å². The number of nitrogens with one attached hydrogen (secondary N) is 1. The molecule has 0 radical (unpaired) electrons. The molecule has 1 N–H and O–H groups in total. The minimum atomic E-state index is -10.7. The second-order valence-electron chi connectivity index (χ2n) is 6.45. The second-order valence-corrected chi connectivity index (χ2v) is 11.5. The van der Waals surface area contributed by atoms with Crippen molar-refractivity contribution >= 4 is 22.7 Å². The summed E-state index contributed by atoms with van der Waals surface area (Å²) < 4.78 is 81.9. The molecule has 0 rings (SSSR count). The van der Waals surface area contributed by atoms with Crippen molar-refractivity contribution in [1.82, 2.24) is 5.32 Å². The van der Waals surface area contributed by atoms with Crippen LogP contribution in [0.5, 0.6) is 0 Å². The Balaban J connectivity index is 0. The molecule has 1 amide bonds. The summed E-state index contributed by atoms with van der Waals surface area (Å²) in [7, 11) is -9.01. The van der Waals surface area contributed by atoms with Crippen LogP contribution >= 0.6 is 7.81 Å². The maximum absolute atomic E-state index is 12.3. The molecule has 2 unspecified atom stereocenters. The Morgan fingerprint density at radius 3 is 1.47 bits per heavy atom. The Bertz CT molecular complexity index is 505. The van der Waals surface area contributed by atoms with E-state index in [4.69, 9.17) is 18.0 Å². The summed E-state index contributed by atoms with van der Waals surface area (Å²) >= 11 is 0. The molecule has 0 fully saturated rings. The summed E-state index contributed by atoms with van der Waals surface area (Å²) in [5.74, 6) is 0. The molecule has 0 aliphatic carbocycles. The van der Waals surface area contributed by atoms with E-state index >= 15 is 0 Å². The van der Waals surface area contributed by atoms with Gasteiger partial charge in [0.05, 0.1) is 19.6 Å². The van der Waals surface area contributed by atoms with E-state index in [0.717, 1.165) is 24.1 Å². The molecule has 0 aliphatic heterocycles. The molecule has 0 aliphatic rings. The van der Waals surface area contributed by atoms with Crippen LogP contribution in [0.1, 0.15) is 41.0 Å². The van der Waals surface area contributed by atoms with Crippen molar-refractivity contribution in [1.29, 1.82) is 0 Å². The molecule has 0 aromatic heterocycles. The Labute approximate surface area is 175 Å². The van der Waals surface area contributed by atoms with Gasteiger partial charge >= 0.3 is 47.9 Å². The van der Waals surface area contributed by atoms with Gasteiger partial charge in [0.15, 0.2) is 0 Å². The normalized spacial score (nSPS) is 17.0. The maximum atomic E-state index is 12.3. The summed E-state index contributed by atoms with van der Waals surface area (Å²) in [6.07, 6.45) is -0.0676. The summed E-state index contributed by atoms with van der Waals surface area (Å²) in [5.41, 5.74) is -0.353. The van der Waals surface area contributed by atoms with Crippen LogP contribution in [-0.2, 0) is 18.0 Å². The van der Waals surface area contributed by atoms with E-state index in [-0.39, 0.29) is 11.9 Å². The van der Waals surface area contributed by atoms with Gasteiger partial charge in [-0.05, 0) is 27.2 Å². The Morgan fingerprint density at radius 2 is 1.23 bits per heavy atom. The van der Waals surface area contributed by atoms with Crippen LogP contribution < -0.4 is 5.32 Å². The van der Waals surface area contributed by atoms with Crippen molar-refractivity contribution in [2.45, 2.75) is 52.9 Å². The van der Waals surface area contributed by atoms with Gasteiger partial charge in [0.1, 0.15) is 5.67 Å². The fraction of sp³-hybridized carbons (Fsp3) is 0.933. The third-order valence-corrected chi connectivity index (χ3v) is 8.03. The molecule has 0 heterocycles. The predicted molar refractivity (Wildman–Crippen MR) is 105 cm³/mol. The molecular weight excluding hydrogens is 461 g/mol. The third kappa shape index (κ3) is 12.3. The van der Waals surface area contributed by atoms with E-state index < -0.39 is 22.7 Å². The quantitative estimate of drug-likeness (QED) is 0.134. The van der Waals surface area contributed by atoms with E-state index in [1.165, 1.54) is 21.3 Å². The van der Waals surface area contributed by atoms with E-state index in [9.17, 15) is 30.0 Å². The zero-order chi connectivity index (χ0) is 24.5. The monoisotopic (exact) mass is 496 g/mol. The van der Waals surface area contributed by atoms with Crippen LogP contribution in [0.25, 0.3) is 0 Å². The first kappa shape index (κ1) is 31.5.